The summed E-state index contributed by atoms with van der Waals surface area (Å²) < 4.78 is 27.6. The molecule has 0 radical (unpaired) electrons. The lowest BCUT2D eigenvalue weighted by molar-refractivity contribution is -0.154. The number of hydrogen-bond donors (Lipinski definition) is 4. The first-order chi connectivity index (χ1) is 33.2. The molecule has 4 N–H and O–H groups in total. The fraction of sp³-hybridized carbons (Fsp3) is 0.451. The number of aromatic amines is 2. The minimum Gasteiger partial charge on any atom is -0.453 e. The highest BCUT2D eigenvalue weighted by molar-refractivity contribution is 5.88. The minimum atomic E-state index is -0.940. The second-order valence-electron chi connectivity index (χ2n) is 18.4. The summed E-state index contributed by atoms with van der Waals surface area (Å²) in [5.41, 5.74) is 9.76. The van der Waals surface area contributed by atoms with Crippen LogP contribution in [0.4, 0.5) is 9.59 Å². The predicted molar refractivity (Wildman–Crippen MR) is 249 cm³/mol. The number of likely N-dealkylation sites (tertiary alicyclic amines) is 2. The van der Waals surface area contributed by atoms with Crippen molar-refractivity contribution in [3.05, 3.63) is 118 Å². The Morgan fingerprint density at radius 2 is 1.44 bits per heavy atom. The van der Waals surface area contributed by atoms with Gasteiger partial charge in [-0.2, -0.15) is 0 Å². The van der Waals surface area contributed by atoms with Gasteiger partial charge in [-0.15, -0.1) is 0 Å². The molecule has 0 saturated carbocycles. The summed E-state index contributed by atoms with van der Waals surface area (Å²) in [6.45, 7) is 2.71. The number of H-pyrrole nitrogens is 2. The van der Waals surface area contributed by atoms with Gasteiger partial charge in [0.05, 0.1) is 69.8 Å². The largest absolute Gasteiger partial charge is 0.453 e. The van der Waals surface area contributed by atoms with Crippen LogP contribution in [0.3, 0.4) is 0 Å². The Balaban J connectivity index is 0.820. The van der Waals surface area contributed by atoms with Crippen molar-refractivity contribution >= 4 is 35.6 Å². The molecule has 1 spiro atoms. The van der Waals surface area contributed by atoms with Crippen molar-refractivity contribution in [3.8, 4) is 11.3 Å². The molecule has 2 aromatic heterocycles. The van der Waals surface area contributed by atoms with E-state index >= 15 is 0 Å². The van der Waals surface area contributed by atoms with Crippen molar-refractivity contribution in [3.63, 3.8) is 0 Å². The number of rotatable bonds is 11. The summed E-state index contributed by atoms with van der Waals surface area (Å²) >= 11 is 0. The summed E-state index contributed by atoms with van der Waals surface area (Å²) in [6.07, 6.45) is 16.0. The van der Waals surface area contributed by atoms with E-state index in [1.165, 1.54) is 42.1 Å². The Labute approximate surface area is 394 Å². The Bertz CT molecular complexity index is 2620. The second kappa shape index (κ2) is 19.6. The van der Waals surface area contributed by atoms with E-state index in [1.807, 2.05) is 47.6 Å². The van der Waals surface area contributed by atoms with Gasteiger partial charge in [0, 0.05) is 26.2 Å². The molecule has 4 saturated heterocycles. The van der Waals surface area contributed by atoms with Crippen LogP contribution in [0.1, 0.15) is 104 Å². The van der Waals surface area contributed by atoms with E-state index in [-0.39, 0.29) is 30.3 Å². The van der Waals surface area contributed by atoms with Crippen molar-refractivity contribution in [2.45, 2.75) is 87.7 Å². The third kappa shape index (κ3) is 9.21. The molecule has 68 heavy (non-hydrogen) atoms. The molecular weight excluding hydrogens is 869 g/mol. The minimum absolute atomic E-state index is 0.107. The third-order valence-electron chi connectivity index (χ3n) is 14.4. The Kier molecular flexibility index (Phi) is 13.0. The van der Waals surface area contributed by atoms with Gasteiger partial charge in [0.15, 0.2) is 5.79 Å². The van der Waals surface area contributed by atoms with Crippen LogP contribution >= 0.6 is 0 Å². The third-order valence-corrected chi connectivity index (χ3v) is 14.4. The fourth-order valence-corrected chi connectivity index (χ4v) is 10.8. The van der Waals surface area contributed by atoms with Crippen LogP contribution in [-0.2, 0) is 39.7 Å². The Morgan fingerprint density at radius 1 is 0.750 bits per heavy atom. The number of alkyl carbamates (subject to hydrolysis) is 2. The van der Waals surface area contributed by atoms with E-state index in [1.54, 1.807) is 4.90 Å². The maximum Gasteiger partial charge on any atom is 0.407 e. The number of aryl methyl sites for hydroxylation is 1. The van der Waals surface area contributed by atoms with E-state index in [9.17, 15) is 19.2 Å². The smallest absolute Gasteiger partial charge is 0.407 e. The van der Waals surface area contributed by atoms with Crippen molar-refractivity contribution < 1.29 is 42.9 Å². The first-order valence-electron chi connectivity index (χ1n) is 23.7. The van der Waals surface area contributed by atoms with Crippen molar-refractivity contribution in [1.82, 2.24) is 40.4 Å². The van der Waals surface area contributed by atoms with Gasteiger partial charge in [-0.05, 0) is 102 Å². The highest BCUT2D eigenvalue weighted by Gasteiger charge is 2.53. The molecule has 0 bridgehead atoms. The van der Waals surface area contributed by atoms with Crippen LogP contribution in [0.2, 0.25) is 0 Å². The molecule has 10 rings (SSSR count). The average molecular weight is 927 g/mol. The first-order valence-corrected chi connectivity index (χ1v) is 23.7. The molecule has 6 heterocycles. The summed E-state index contributed by atoms with van der Waals surface area (Å²) in [7, 11) is 2.59. The molecule has 0 unspecified atom stereocenters. The molecule has 4 fully saturated rings. The zero-order valence-corrected chi connectivity index (χ0v) is 38.5. The number of imidazole rings is 2. The molecule has 17 heteroatoms. The number of carbonyl (C=O) groups excluding carboxylic acids is 4. The molecule has 2 aliphatic carbocycles. The van der Waals surface area contributed by atoms with E-state index in [2.05, 4.69) is 57.0 Å². The lowest BCUT2D eigenvalue weighted by Crippen LogP contribution is -2.54. The summed E-state index contributed by atoms with van der Waals surface area (Å²) in [5.74, 6) is -0.0929. The van der Waals surface area contributed by atoms with Crippen LogP contribution in [0.25, 0.3) is 22.9 Å². The van der Waals surface area contributed by atoms with Gasteiger partial charge in [-0.1, -0.05) is 60.7 Å². The highest BCUT2D eigenvalue weighted by atomic mass is 16.7. The normalized spacial score (nSPS) is 22.2. The molecule has 2 aromatic carbocycles. The molecule has 4 atom stereocenters. The number of fused-ring (bicyclic) bond motifs is 1. The van der Waals surface area contributed by atoms with E-state index < -0.39 is 36.1 Å². The highest BCUT2D eigenvalue weighted by Crippen LogP contribution is 2.44. The number of allylic oxidation sites excluding steroid dienone is 5. The average Bonchev–Trinajstić information content (AvgIpc) is 4.26. The van der Waals surface area contributed by atoms with Gasteiger partial charge in [0.1, 0.15) is 23.7 Å². The summed E-state index contributed by atoms with van der Waals surface area (Å²) in [6, 6.07) is 13.4. The zero-order chi connectivity index (χ0) is 46.8. The fourth-order valence-electron chi connectivity index (χ4n) is 10.8. The van der Waals surface area contributed by atoms with Gasteiger partial charge in [0.2, 0.25) is 5.91 Å². The summed E-state index contributed by atoms with van der Waals surface area (Å²) in [5, 5.41) is 5.56. The lowest BCUT2D eigenvalue weighted by Gasteiger charge is -2.34. The standard InChI is InChI=1S/C51H58N8O9/c1-64-49(62)56-43(33-7-4-3-5-8-33)47(60)58-20-6-9-41(58)45-52-28-39(54-45)32-12-10-31(11-13-32)35-14-15-37-26-38(17-16-36(37)25-35)40-29-53-46(55-40)42-27-51(67-23-24-68-51)30-59(42)48(61)44(57-50(63)65-2)34-18-21-66-22-19-34/h3-5,7-8,10,12,16-17,25-26,28-29,34,41-44H,6,9,11,13-15,18-24,27,30H2,1-2H3,(H,52,54)(H,53,55)(H,56,62)(H,57,63)/t41-,42-,43+,44-/m0/s1. The lowest BCUT2D eigenvalue weighted by atomic mass is 9.84. The first kappa shape index (κ1) is 45.2. The zero-order valence-electron chi connectivity index (χ0n) is 38.5. The molecule has 4 amide bonds. The number of nitrogens with one attached hydrogen (secondary N) is 4. The Hall–Kier alpha value is -6.56. The van der Waals surface area contributed by atoms with Gasteiger partial charge in [0.25, 0.3) is 5.91 Å². The molecule has 356 valence electrons. The number of aromatic nitrogens is 4. The monoisotopic (exact) mass is 926 g/mol. The van der Waals surface area contributed by atoms with E-state index in [0.29, 0.717) is 63.6 Å². The van der Waals surface area contributed by atoms with Crippen LogP contribution in [0.15, 0.2) is 84.2 Å². The molecule has 4 aromatic rings. The molecule has 6 aliphatic rings. The van der Waals surface area contributed by atoms with Crippen LogP contribution in [0.5, 0.6) is 0 Å². The predicted octanol–water partition coefficient (Wildman–Crippen LogP) is 6.86. The van der Waals surface area contributed by atoms with E-state index in [0.717, 1.165) is 61.3 Å². The topological polar surface area (TPSA) is 202 Å². The number of methoxy groups -OCH3 is 2. The maximum atomic E-state index is 14.5. The molecule has 17 nitrogen and oxygen atoms in total. The number of nitrogens with zero attached hydrogens (tertiary/aromatic N) is 4. The molecule has 4 aliphatic heterocycles. The SMILES string of the molecule is COC(=O)N[C@H](C(=O)N1CC2(C[C@H]1c1ncc(-c3ccc4c(c3)CCC(C3=CC=C(c5cnc([C@@H]6CCCN6C(=O)[C@H](NC(=O)OC)c6ccccc6)[nH]5)CC3)=C4)[nH]1)OCCO2)C1CCOCC1. The van der Waals surface area contributed by atoms with Gasteiger partial charge >= 0.3 is 12.2 Å². The number of carbonyl (C=O) groups is 4. The number of hydrogen-bond acceptors (Lipinski definition) is 11. The Morgan fingerprint density at radius 3 is 2.19 bits per heavy atom. The molecular formula is C51H58N8O9. The van der Waals surface area contributed by atoms with Gasteiger partial charge in [-0.25, -0.2) is 19.6 Å². The number of benzene rings is 2. The maximum absolute atomic E-state index is 14.5. The van der Waals surface area contributed by atoms with Crippen molar-refractivity contribution in [2.24, 2.45) is 5.92 Å². The van der Waals surface area contributed by atoms with E-state index in [4.69, 9.17) is 33.7 Å². The van der Waals surface area contributed by atoms with Crippen LogP contribution in [0, 0.1) is 5.92 Å². The summed E-state index contributed by atoms with van der Waals surface area (Å²) in [4.78, 5) is 73.5. The second-order valence-corrected chi connectivity index (χ2v) is 18.4. The van der Waals surface area contributed by atoms with Crippen molar-refractivity contribution in [2.75, 3.05) is 53.7 Å². The van der Waals surface area contributed by atoms with Crippen LogP contribution < -0.4 is 10.6 Å². The number of amides is 4. The van der Waals surface area contributed by atoms with Gasteiger partial charge < -0.3 is 54.1 Å². The van der Waals surface area contributed by atoms with Crippen LogP contribution in [-0.4, -0.2) is 119 Å². The number of ether oxygens (including phenoxy) is 5. The quantitative estimate of drug-likeness (QED) is 0.122. The van der Waals surface area contributed by atoms with Gasteiger partial charge in [-0.3, -0.25) is 9.59 Å². The van der Waals surface area contributed by atoms with Crippen molar-refractivity contribution in [1.29, 1.82) is 0 Å².